The van der Waals surface area contributed by atoms with Gasteiger partial charge in [-0.25, -0.2) is 0 Å². The van der Waals surface area contributed by atoms with Crippen LogP contribution in [0.25, 0.3) is 0 Å². The number of anilines is 2. The average Bonchev–Trinajstić information content (AvgIpc) is 2.73. The summed E-state index contributed by atoms with van der Waals surface area (Å²) in [6, 6.07) is 12.4. The van der Waals surface area contributed by atoms with Crippen LogP contribution in [0.5, 0.6) is 0 Å². The third-order valence-corrected chi connectivity index (χ3v) is 5.03. The molecule has 1 fully saturated rings. The Bertz CT molecular complexity index is 833. The molecule has 1 atom stereocenters. The highest BCUT2D eigenvalue weighted by Crippen LogP contribution is 2.41. The van der Waals surface area contributed by atoms with Crippen LogP contribution in [0.3, 0.4) is 0 Å². The number of halogens is 3. The zero-order valence-electron chi connectivity index (χ0n) is 14.6. The van der Waals surface area contributed by atoms with Gasteiger partial charge in [-0.15, -0.1) is 12.6 Å². The van der Waals surface area contributed by atoms with Crippen molar-refractivity contribution >= 4 is 29.9 Å². The zero-order valence-corrected chi connectivity index (χ0v) is 15.5. The Balaban J connectivity index is 2.05. The van der Waals surface area contributed by atoms with Crippen LogP contribution in [0, 0.1) is 6.92 Å². The number of carbonyl (C=O) groups excluding carboxylic acids is 1. The van der Waals surface area contributed by atoms with Crippen LogP contribution >= 0.6 is 12.6 Å². The van der Waals surface area contributed by atoms with Gasteiger partial charge in [0.2, 0.25) is 0 Å². The lowest BCUT2D eigenvalue weighted by Gasteiger charge is -2.33. The molecule has 0 spiro atoms. The Morgan fingerprint density at radius 1 is 1.04 bits per heavy atom. The van der Waals surface area contributed by atoms with Crippen LogP contribution in [-0.4, -0.2) is 16.9 Å². The number of alkyl halides is 3. The second-order valence-corrected chi connectivity index (χ2v) is 7.30. The van der Waals surface area contributed by atoms with Crippen LogP contribution in [0.4, 0.5) is 24.5 Å². The molecule has 1 saturated heterocycles. The molecule has 0 bridgehead atoms. The molecule has 0 radical (unpaired) electrons. The van der Waals surface area contributed by atoms with Crippen molar-refractivity contribution in [1.82, 2.24) is 0 Å². The molecule has 2 aromatic rings. The molecule has 138 valence electrons. The molecule has 1 amide bonds. The number of aryl methyl sites for hydroxylation is 1. The minimum absolute atomic E-state index is 0.174. The molecule has 1 heterocycles. The summed E-state index contributed by atoms with van der Waals surface area (Å²) in [6.07, 6.45) is -4.48. The summed E-state index contributed by atoms with van der Waals surface area (Å²) in [5.74, 6) is -0.308. The first kappa shape index (κ1) is 18.6. The molecule has 26 heavy (non-hydrogen) atoms. The third-order valence-electron chi connectivity index (χ3n) is 4.57. The van der Waals surface area contributed by atoms with Crippen LogP contribution < -0.4 is 9.80 Å². The highest BCUT2D eigenvalue weighted by molar-refractivity contribution is 7.81. The number of hydrogen-bond donors (Lipinski definition) is 1. The SMILES string of the molecule is Cc1ccc(N2C(S)N(c3cccc(C(F)(F)F)c3)C(=O)C2(C)C)cc1. The number of benzene rings is 2. The van der Waals surface area contributed by atoms with E-state index in [9.17, 15) is 18.0 Å². The highest BCUT2D eigenvalue weighted by Gasteiger charge is 2.51. The molecular formula is C19H19F3N2OS. The number of amides is 1. The Morgan fingerprint density at radius 2 is 1.65 bits per heavy atom. The Hall–Kier alpha value is -2.15. The van der Waals surface area contributed by atoms with Crippen molar-refractivity contribution in [3.05, 3.63) is 59.7 Å². The van der Waals surface area contributed by atoms with Crippen molar-refractivity contribution in [1.29, 1.82) is 0 Å². The van der Waals surface area contributed by atoms with Crippen molar-refractivity contribution in [3.63, 3.8) is 0 Å². The highest BCUT2D eigenvalue weighted by atomic mass is 32.1. The smallest absolute Gasteiger partial charge is 0.328 e. The fraction of sp³-hybridized carbons (Fsp3) is 0.316. The van der Waals surface area contributed by atoms with Gasteiger partial charge >= 0.3 is 6.18 Å². The normalized spacial score (nSPS) is 20.0. The fourth-order valence-corrected chi connectivity index (χ4v) is 3.81. The van der Waals surface area contributed by atoms with Gasteiger partial charge in [0.25, 0.3) is 5.91 Å². The van der Waals surface area contributed by atoms with Crippen molar-refractivity contribution in [2.24, 2.45) is 0 Å². The van der Waals surface area contributed by atoms with Gasteiger partial charge in [-0.1, -0.05) is 23.8 Å². The largest absolute Gasteiger partial charge is 0.416 e. The topological polar surface area (TPSA) is 23.6 Å². The van der Waals surface area contributed by atoms with Gasteiger partial charge in [-0.3, -0.25) is 9.69 Å². The second-order valence-electron chi connectivity index (χ2n) is 6.83. The summed E-state index contributed by atoms with van der Waals surface area (Å²) >= 11 is 4.56. The molecule has 0 aromatic heterocycles. The minimum Gasteiger partial charge on any atom is -0.328 e. The van der Waals surface area contributed by atoms with E-state index >= 15 is 0 Å². The second kappa shape index (κ2) is 6.23. The predicted octanol–water partition coefficient (Wildman–Crippen LogP) is 4.86. The molecular weight excluding hydrogens is 361 g/mol. The fourth-order valence-electron chi connectivity index (χ4n) is 3.15. The monoisotopic (exact) mass is 380 g/mol. The van der Waals surface area contributed by atoms with E-state index in [0.29, 0.717) is 0 Å². The number of hydrogen-bond acceptors (Lipinski definition) is 3. The van der Waals surface area contributed by atoms with Crippen molar-refractivity contribution in [2.75, 3.05) is 9.80 Å². The van der Waals surface area contributed by atoms with Crippen LogP contribution in [0.15, 0.2) is 48.5 Å². The lowest BCUT2D eigenvalue weighted by atomic mass is 10.0. The summed E-state index contributed by atoms with van der Waals surface area (Å²) in [4.78, 5) is 16.1. The lowest BCUT2D eigenvalue weighted by molar-refractivity contribution is -0.137. The number of rotatable bonds is 2. The van der Waals surface area contributed by atoms with E-state index in [-0.39, 0.29) is 11.6 Å². The van der Waals surface area contributed by atoms with Gasteiger partial charge < -0.3 is 4.90 Å². The minimum atomic E-state index is -4.48. The van der Waals surface area contributed by atoms with Crippen LogP contribution in [0.2, 0.25) is 0 Å². The summed E-state index contributed by atoms with van der Waals surface area (Å²) in [5, 5.41) is 0. The maximum atomic E-state index is 13.0. The van der Waals surface area contributed by atoms with E-state index in [4.69, 9.17) is 0 Å². The quantitative estimate of drug-likeness (QED) is 0.753. The molecule has 3 nitrogen and oxygen atoms in total. The van der Waals surface area contributed by atoms with Crippen molar-refractivity contribution < 1.29 is 18.0 Å². The number of carbonyl (C=O) groups is 1. The van der Waals surface area contributed by atoms with Gasteiger partial charge in [-0.05, 0) is 51.1 Å². The van der Waals surface area contributed by atoms with Gasteiger partial charge in [0.1, 0.15) is 5.54 Å². The van der Waals surface area contributed by atoms with E-state index in [1.807, 2.05) is 31.2 Å². The summed E-state index contributed by atoms with van der Waals surface area (Å²) in [5.41, 5.74) is -0.437. The molecule has 1 aliphatic rings. The van der Waals surface area contributed by atoms with E-state index in [1.165, 1.54) is 17.0 Å². The molecule has 7 heteroatoms. The van der Waals surface area contributed by atoms with Crippen molar-refractivity contribution in [2.45, 2.75) is 38.0 Å². The molecule has 0 aliphatic carbocycles. The van der Waals surface area contributed by atoms with Gasteiger partial charge in [-0.2, -0.15) is 13.2 Å². The first-order valence-electron chi connectivity index (χ1n) is 8.08. The van der Waals surface area contributed by atoms with Crippen LogP contribution in [0.1, 0.15) is 25.0 Å². The first-order chi connectivity index (χ1) is 12.0. The number of thiol groups is 1. The summed E-state index contributed by atoms with van der Waals surface area (Å²) in [7, 11) is 0. The third kappa shape index (κ3) is 3.05. The molecule has 0 N–H and O–H groups in total. The van der Waals surface area contributed by atoms with E-state index < -0.39 is 22.8 Å². The van der Waals surface area contributed by atoms with Gasteiger partial charge in [0, 0.05) is 11.4 Å². The van der Waals surface area contributed by atoms with Gasteiger partial charge in [0.15, 0.2) is 5.50 Å². The van der Waals surface area contributed by atoms with E-state index in [0.717, 1.165) is 23.4 Å². The molecule has 1 unspecified atom stereocenters. The molecule has 2 aromatic carbocycles. The molecule has 0 saturated carbocycles. The standard InChI is InChI=1S/C19H19F3N2OS/c1-12-7-9-14(10-8-12)24-17(26)23(16(25)18(24,2)3)15-6-4-5-13(11-15)19(20,21)22/h4-11,17,26H,1-3H3. The van der Waals surface area contributed by atoms with Crippen LogP contribution in [-0.2, 0) is 11.0 Å². The average molecular weight is 380 g/mol. The summed E-state index contributed by atoms with van der Waals surface area (Å²) in [6.45, 7) is 5.44. The molecule has 3 rings (SSSR count). The predicted molar refractivity (Wildman–Crippen MR) is 99.4 cm³/mol. The zero-order chi connectivity index (χ0) is 19.3. The number of nitrogens with zero attached hydrogens (tertiary/aromatic N) is 2. The Morgan fingerprint density at radius 3 is 2.23 bits per heavy atom. The van der Waals surface area contributed by atoms with E-state index in [1.54, 1.807) is 18.7 Å². The Labute approximate surface area is 155 Å². The van der Waals surface area contributed by atoms with Crippen molar-refractivity contribution in [3.8, 4) is 0 Å². The maximum absolute atomic E-state index is 13.0. The maximum Gasteiger partial charge on any atom is 0.416 e. The van der Waals surface area contributed by atoms with Gasteiger partial charge in [0.05, 0.1) is 5.56 Å². The first-order valence-corrected chi connectivity index (χ1v) is 8.60. The summed E-state index contributed by atoms with van der Waals surface area (Å²) < 4.78 is 39.1. The lowest BCUT2D eigenvalue weighted by Crippen LogP contribution is -2.44. The van der Waals surface area contributed by atoms with E-state index in [2.05, 4.69) is 12.6 Å². The molecule has 1 aliphatic heterocycles. The Kier molecular flexibility index (Phi) is 4.46.